The Labute approximate surface area is 125 Å². The quantitative estimate of drug-likeness (QED) is 0.868. The zero-order valence-corrected chi connectivity index (χ0v) is 12.3. The molecule has 6 nitrogen and oxygen atoms in total. The highest BCUT2D eigenvalue weighted by molar-refractivity contribution is 5.75. The van der Waals surface area contributed by atoms with Crippen LogP contribution < -0.4 is 16.0 Å². The van der Waals surface area contributed by atoms with Gasteiger partial charge in [0.2, 0.25) is 0 Å². The van der Waals surface area contributed by atoms with E-state index < -0.39 is 0 Å². The molecule has 0 atom stereocenters. The van der Waals surface area contributed by atoms with Gasteiger partial charge in [-0.2, -0.15) is 0 Å². The van der Waals surface area contributed by atoms with Crippen molar-refractivity contribution < 1.29 is 4.79 Å². The number of piperazine rings is 1. The van der Waals surface area contributed by atoms with Crippen LogP contribution in [-0.4, -0.2) is 48.1 Å². The fraction of sp³-hybridized carbons (Fsp3) is 0.600. The lowest BCUT2D eigenvalue weighted by molar-refractivity contribution is 0.183. The van der Waals surface area contributed by atoms with Gasteiger partial charge >= 0.3 is 6.03 Å². The Morgan fingerprint density at radius 2 is 2.05 bits per heavy atom. The standard InChI is InChI=1S/C15H23N5O/c16-10-12-4-5-14(17-11-12)19-6-8-20(9-7-19)15(21)18-13-2-1-3-13/h4-5,11,13H,1-3,6-10,16H2,(H,18,21). The molecule has 0 bridgehead atoms. The van der Waals surface area contributed by atoms with Gasteiger partial charge in [0.05, 0.1) is 0 Å². The summed E-state index contributed by atoms with van der Waals surface area (Å²) < 4.78 is 0. The molecule has 0 aromatic carbocycles. The maximum absolute atomic E-state index is 12.1. The number of nitrogens with two attached hydrogens (primary N) is 1. The van der Waals surface area contributed by atoms with Crippen molar-refractivity contribution in [3.8, 4) is 0 Å². The van der Waals surface area contributed by atoms with Crippen molar-refractivity contribution in [2.24, 2.45) is 5.73 Å². The van der Waals surface area contributed by atoms with Crippen LogP contribution in [0.2, 0.25) is 0 Å². The average Bonchev–Trinajstić information content (AvgIpc) is 2.51. The lowest BCUT2D eigenvalue weighted by Crippen LogP contribution is -2.54. The molecule has 1 aromatic heterocycles. The first-order chi connectivity index (χ1) is 10.3. The number of hydrogen-bond acceptors (Lipinski definition) is 4. The molecule has 2 fully saturated rings. The van der Waals surface area contributed by atoms with Crippen LogP contribution in [0.1, 0.15) is 24.8 Å². The van der Waals surface area contributed by atoms with E-state index in [-0.39, 0.29) is 6.03 Å². The fourth-order valence-corrected chi connectivity index (χ4v) is 2.68. The first kappa shape index (κ1) is 14.1. The smallest absolute Gasteiger partial charge is 0.317 e. The molecule has 0 unspecified atom stereocenters. The van der Waals surface area contributed by atoms with E-state index in [1.54, 1.807) is 0 Å². The Morgan fingerprint density at radius 1 is 1.29 bits per heavy atom. The lowest BCUT2D eigenvalue weighted by atomic mass is 9.93. The zero-order valence-electron chi connectivity index (χ0n) is 12.3. The topological polar surface area (TPSA) is 74.5 Å². The van der Waals surface area contributed by atoms with Gasteiger partial charge in [0.25, 0.3) is 0 Å². The van der Waals surface area contributed by atoms with Crippen molar-refractivity contribution in [3.63, 3.8) is 0 Å². The molecule has 2 amide bonds. The van der Waals surface area contributed by atoms with Crippen molar-refractivity contribution in [2.75, 3.05) is 31.1 Å². The lowest BCUT2D eigenvalue weighted by Gasteiger charge is -2.37. The molecule has 114 valence electrons. The second-order valence-electron chi connectivity index (χ2n) is 5.78. The average molecular weight is 289 g/mol. The number of amides is 2. The molecule has 1 aliphatic carbocycles. The van der Waals surface area contributed by atoms with E-state index in [1.165, 1.54) is 6.42 Å². The molecule has 2 heterocycles. The summed E-state index contributed by atoms with van der Waals surface area (Å²) in [5.41, 5.74) is 6.62. The molecule has 1 aliphatic heterocycles. The molecular formula is C15H23N5O. The monoisotopic (exact) mass is 289 g/mol. The number of nitrogens with zero attached hydrogens (tertiary/aromatic N) is 3. The first-order valence-electron chi connectivity index (χ1n) is 7.71. The summed E-state index contributed by atoms with van der Waals surface area (Å²) in [6, 6.07) is 4.51. The minimum Gasteiger partial charge on any atom is -0.353 e. The summed E-state index contributed by atoms with van der Waals surface area (Å²) in [5, 5.41) is 3.09. The number of anilines is 1. The Balaban J connectivity index is 1.50. The van der Waals surface area contributed by atoms with Crippen molar-refractivity contribution in [3.05, 3.63) is 23.9 Å². The van der Waals surface area contributed by atoms with Crippen LogP contribution in [0.3, 0.4) is 0 Å². The van der Waals surface area contributed by atoms with Crippen LogP contribution in [0.25, 0.3) is 0 Å². The number of rotatable bonds is 3. The predicted octanol–water partition coefficient (Wildman–Crippen LogP) is 0.924. The first-order valence-corrected chi connectivity index (χ1v) is 7.71. The maximum atomic E-state index is 12.1. The molecular weight excluding hydrogens is 266 g/mol. The third-order valence-corrected chi connectivity index (χ3v) is 4.37. The molecule has 3 N–H and O–H groups in total. The van der Waals surface area contributed by atoms with Gasteiger partial charge in [0.1, 0.15) is 5.82 Å². The molecule has 0 spiro atoms. The van der Waals surface area contributed by atoms with E-state index in [9.17, 15) is 4.79 Å². The van der Waals surface area contributed by atoms with Crippen molar-refractivity contribution in [2.45, 2.75) is 31.8 Å². The Hall–Kier alpha value is -1.82. The van der Waals surface area contributed by atoms with Gasteiger partial charge in [0.15, 0.2) is 0 Å². The van der Waals surface area contributed by atoms with Crippen LogP contribution in [0.5, 0.6) is 0 Å². The normalized spacial score (nSPS) is 19.3. The second-order valence-corrected chi connectivity index (χ2v) is 5.78. The Kier molecular flexibility index (Phi) is 4.24. The number of urea groups is 1. The Bertz CT molecular complexity index is 477. The highest BCUT2D eigenvalue weighted by Gasteiger charge is 2.25. The van der Waals surface area contributed by atoms with Crippen molar-refractivity contribution in [1.29, 1.82) is 0 Å². The summed E-state index contributed by atoms with van der Waals surface area (Å²) in [5.74, 6) is 0.964. The molecule has 6 heteroatoms. The highest BCUT2D eigenvalue weighted by atomic mass is 16.2. The highest BCUT2D eigenvalue weighted by Crippen LogP contribution is 2.19. The number of carbonyl (C=O) groups excluding carboxylic acids is 1. The van der Waals surface area contributed by atoms with Crippen LogP contribution in [0.15, 0.2) is 18.3 Å². The summed E-state index contributed by atoms with van der Waals surface area (Å²) in [4.78, 5) is 20.7. The minimum absolute atomic E-state index is 0.0887. The SMILES string of the molecule is NCc1ccc(N2CCN(C(=O)NC3CCC3)CC2)nc1. The molecule has 1 aromatic rings. The number of carbonyl (C=O) groups is 1. The van der Waals surface area contributed by atoms with Crippen LogP contribution in [-0.2, 0) is 6.54 Å². The van der Waals surface area contributed by atoms with E-state index in [1.807, 2.05) is 23.2 Å². The van der Waals surface area contributed by atoms with E-state index >= 15 is 0 Å². The largest absolute Gasteiger partial charge is 0.353 e. The predicted molar refractivity (Wildman–Crippen MR) is 82.1 cm³/mol. The van der Waals surface area contributed by atoms with Gasteiger partial charge in [-0.3, -0.25) is 0 Å². The molecule has 2 aliphatic rings. The van der Waals surface area contributed by atoms with Gasteiger partial charge in [-0.15, -0.1) is 0 Å². The van der Waals surface area contributed by atoms with E-state index in [2.05, 4.69) is 15.2 Å². The van der Waals surface area contributed by atoms with Crippen LogP contribution in [0, 0.1) is 0 Å². The number of pyridine rings is 1. The van der Waals surface area contributed by atoms with Gasteiger partial charge < -0.3 is 20.9 Å². The minimum atomic E-state index is 0.0887. The zero-order chi connectivity index (χ0) is 14.7. The van der Waals surface area contributed by atoms with Gasteiger partial charge in [-0.1, -0.05) is 6.07 Å². The summed E-state index contributed by atoms with van der Waals surface area (Å²) >= 11 is 0. The van der Waals surface area contributed by atoms with E-state index in [4.69, 9.17) is 5.73 Å². The number of aromatic nitrogens is 1. The molecule has 0 radical (unpaired) electrons. The third kappa shape index (κ3) is 3.26. The fourth-order valence-electron chi connectivity index (χ4n) is 2.68. The molecule has 1 saturated carbocycles. The molecule has 21 heavy (non-hydrogen) atoms. The third-order valence-electron chi connectivity index (χ3n) is 4.37. The summed E-state index contributed by atoms with van der Waals surface area (Å²) in [6.45, 7) is 3.67. The number of hydrogen-bond donors (Lipinski definition) is 2. The van der Waals surface area contributed by atoms with E-state index in [0.29, 0.717) is 12.6 Å². The molecule has 3 rings (SSSR count). The summed E-state index contributed by atoms with van der Waals surface area (Å²) in [6.07, 6.45) is 5.32. The van der Waals surface area contributed by atoms with Gasteiger partial charge in [-0.05, 0) is 30.9 Å². The Morgan fingerprint density at radius 3 is 2.57 bits per heavy atom. The summed E-state index contributed by atoms with van der Waals surface area (Å²) in [7, 11) is 0. The van der Waals surface area contributed by atoms with Crippen molar-refractivity contribution in [1.82, 2.24) is 15.2 Å². The number of nitrogens with one attached hydrogen (secondary N) is 1. The van der Waals surface area contributed by atoms with Gasteiger partial charge in [0, 0.05) is 45.0 Å². The van der Waals surface area contributed by atoms with Crippen LogP contribution >= 0.6 is 0 Å². The second kappa shape index (κ2) is 6.30. The van der Waals surface area contributed by atoms with Crippen LogP contribution in [0.4, 0.5) is 10.6 Å². The van der Waals surface area contributed by atoms with Gasteiger partial charge in [-0.25, -0.2) is 9.78 Å². The van der Waals surface area contributed by atoms with Crippen molar-refractivity contribution >= 4 is 11.8 Å². The maximum Gasteiger partial charge on any atom is 0.317 e. The van der Waals surface area contributed by atoms with E-state index in [0.717, 1.165) is 50.4 Å². The molecule has 1 saturated heterocycles.